The largest absolute Gasteiger partial charge is 0.326 e. The number of hydrogen-bond acceptors (Lipinski definition) is 2. The van der Waals surface area contributed by atoms with Gasteiger partial charge in [0.2, 0.25) is 5.91 Å². The number of rotatable bonds is 2. The molecule has 0 radical (unpaired) electrons. The normalized spacial score (nSPS) is 20.5. The third-order valence-electron chi connectivity index (χ3n) is 3.19. The van der Waals surface area contributed by atoms with Crippen LogP contribution in [0.4, 0.5) is 5.69 Å². The van der Waals surface area contributed by atoms with Gasteiger partial charge in [-0.15, -0.1) is 0 Å². The van der Waals surface area contributed by atoms with Crippen molar-refractivity contribution in [2.45, 2.75) is 13.3 Å². The van der Waals surface area contributed by atoms with E-state index in [0.29, 0.717) is 0 Å². The predicted octanol–water partition coefficient (Wildman–Crippen LogP) is 2.65. The van der Waals surface area contributed by atoms with E-state index >= 15 is 0 Å². The van der Waals surface area contributed by atoms with Crippen LogP contribution in [0.5, 0.6) is 0 Å². The van der Waals surface area contributed by atoms with E-state index in [4.69, 9.17) is 0 Å². The highest BCUT2D eigenvalue weighted by Gasteiger charge is 2.25. The van der Waals surface area contributed by atoms with Gasteiger partial charge in [-0.1, -0.05) is 15.9 Å². The minimum absolute atomic E-state index is 0.129. The van der Waals surface area contributed by atoms with Crippen molar-refractivity contribution in [1.82, 2.24) is 4.90 Å². The topological polar surface area (TPSA) is 32.3 Å². The average Bonchev–Trinajstić information content (AvgIpc) is 2.70. The second-order valence-electron chi connectivity index (χ2n) is 4.70. The number of aryl methyl sites for hydroxylation is 1. The minimum Gasteiger partial charge on any atom is -0.326 e. The first kappa shape index (κ1) is 12.6. The van der Waals surface area contributed by atoms with Crippen LogP contribution in [0.2, 0.25) is 0 Å². The molecule has 1 heterocycles. The summed E-state index contributed by atoms with van der Waals surface area (Å²) in [5.74, 6) is 0.264. The Balaban J connectivity index is 2.00. The van der Waals surface area contributed by atoms with Crippen molar-refractivity contribution in [3.63, 3.8) is 0 Å². The second kappa shape index (κ2) is 5.19. The summed E-state index contributed by atoms with van der Waals surface area (Å²) in [6.45, 7) is 3.89. The standard InChI is InChI=1S/C13H17BrN2O/c1-9-7-11(3-4-12(9)14)15-13(17)10-5-6-16(2)8-10/h3-4,7,10H,5-6,8H2,1-2H3,(H,15,17). The lowest BCUT2D eigenvalue weighted by Gasteiger charge is -2.12. The summed E-state index contributed by atoms with van der Waals surface area (Å²) in [7, 11) is 2.05. The number of nitrogens with zero attached hydrogens (tertiary/aromatic N) is 1. The van der Waals surface area contributed by atoms with Crippen molar-refractivity contribution >= 4 is 27.5 Å². The van der Waals surface area contributed by atoms with Crippen molar-refractivity contribution < 1.29 is 4.79 Å². The smallest absolute Gasteiger partial charge is 0.228 e. The van der Waals surface area contributed by atoms with Crippen molar-refractivity contribution in [1.29, 1.82) is 0 Å². The molecule has 17 heavy (non-hydrogen) atoms. The molecule has 92 valence electrons. The molecule has 2 rings (SSSR count). The summed E-state index contributed by atoms with van der Waals surface area (Å²) in [5, 5.41) is 2.99. The highest BCUT2D eigenvalue weighted by Crippen LogP contribution is 2.22. The molecular formula is C13H17BrN2O. The molecule has 1 fully saturated rings. The molecule has 4 heteroatoms. The fourth-order valence-corrected chi connectivity index (χ4v) is 2.36. The molecule has 1 amide bonds. The molecule has 0 aliphatic carbocycles. The fraction of sp³-hybridized carbons (Fsp3) is 0.462. The van der Waals surface area contributed by atoms with E-state index in [-0.39, 0.29) is 11.8 Å². The lowest BCUT2D eigenvalue weighted by atomic mass is 10.1. The van der Waals surface area contributed by atoms with Gasteiger partial charge in [0.1, 0.15) is 0 Å². The first-order valence-corrected chi connectivity index (χ1v) is 6.61. The second-order valence-corrected chi connectivity index (χ2v) is 5.56. The Morgan fingerprint density at radius 1 is 1.53 bits per heavy atom. The van der Waals surface area contributed by atoms with Crippen molar-refractivity contribution in [2.75, 3.05) is 25.5 Å². The van der Waals surface area contributed by atoms with Crippen molar-refractivity contribution in [3.05, 3.63) is 28.2 Å². The average molecular weight is 297 g/mol. The molecule has 0 saturated carbocycles. The Morgan fingerprint density at radius 2 is 2.29 bits per heavy atom. The molecule has 1 aliphatic rings. The van der Waals surface area contributed by atoms with Crippen LogP contribution < -0.4 is 5.32 Å². The van der Waals surface area contributed by atoms with Crippen LogP contribution in [-0.4, -0.2) is 30.9 Å². The summed E-state index contributed by atoms with van der Waals surface area (Å²) in [5.41, 5.74) is 2.01. The maximum atomic E-state index is 12.0. The van der Waals surface area contributed by atoms with Gasteiger partial charge in [0.25, 0.3) is 0 Å². The summed E-state index contributed by atoms with van der Waals surface area (Å²) < 4.78 is 1.07. The van der Waals surface area contributed by atoms with Gasteiger partial charge in [-0.2, -0.15) is 0 Å². The Kier molecular flexibility index (Phi) is 3.84. The summed E-state index contributed by atoms with van der Waals surface area (Å²) in [4.78, 5) is 14.2. The zero-order valence-corrected chi connectivity index (χ0v) is 11.8. The lowest BCUT2D eigenvalue weighted by molar-refractivity contribution is -0.119. The van der Waals surface area contributed by atoms with E-state index in [1.54, 1.807) is 0 Å². The van der Waals surface area contributed by atoms with Gasteiger partial charge in [0.05, 0.1) is 5.92 Å². The van der Waals surface area contributed by atoms with Gasteiger partial charge in [-0.05, 0) is 50.7 Å². The maximum absolute atomic E-state index is 12.0. The molecule has 0 spiro atoms. The molecule has 1 unspecified atom stereocenters. The van der Waals surface area contributed by atoms with Gasteiger partial charge < -0.3 is 10.2 Å². The van der Waals surface area contributed by atoms with Gasteiger partial charge >= 0.3 is 0 Å². The third kappa shape index (κ3) is 3.07. The summed E-state index contributed by atoms with van der Waals surface area (Å²) in [6.07, 6.45) is 0.956. The van der Waals surface area contributed by atoms with Crippen LogP contribution in [-0.2, 0) is 4.79 Å². The zero-order valence-electron chi connectivity index (χ0n) is 10.2. The van der Waals surface area contributed by atoms with E-state index in [1.165, 1.54) is 0 Å². The molecule has 1 aromatic carbocycles. The zero-order chi connectivity index (χ0) is 12.4. The molecule has 3 nitrogen and oxygen atoms in total. The summed E-state index contributed by atoms with van der Waals surface area (Å²) >= 11 is 3.45. The fourth-order valence-electron chi connectivity index (χ4n) is 2.12. The van der Waals surface area contributed by atoms with Gasteiger partial charge in [-0.25, -0.2) is 0 Å². The number of likely N-dealkylation sites (tertiary alicyclic amines) is 1. The van der Waals surface area contributed by atoms with Crippen molar-refractivity contribution in [2.24, 2.45) is 5.92 Å². The molecular weight excluding hydrogens is 280 g/mol. The lowest BCUT2D eigenvalue weighted by Crippen LogP contribution is -2.25. The Morgan fingerprint density at radius 3 is 2.88 bits per heavy atom. The van der Waals surface area contributed by atoms with Crippen LogP contribution in [0.15, 0.2) is 22.7 Å². The molecule has 1 N–H and O–H groups in total. The van der Waals surface area contributed by atoms with Crippen LogP contribution in [0.25, 0.3) is 0 Å². The molecule has 1 aromatic rings. The van der Waals surface area contributed by atoms with Crippen LogP contribution in [0, 0.1) is 12.8 Å². The number of hydrogen-bond donors (Lipinski definition) is 1. The van der Waals surface area contributed by atoms with E-state index in [9.17, 15) is 4.79 Å². The van der Waals surface area contributed by atoms with Crippen LogP contribution in [0.1, 0.15) is 12.0 Å². The number of carbonyl (C=O) groups excluding carboxylic acids is 1. The van der Waals surface area contributed by atoms with E-state index in [2.05, 4.69) is 33.2 Å². The minimum atomic E-state index is 0.129. The molecule has 1 atom stereocenters. The quantitative estimate of drug-likeness (QED) is 0.910. The SMILES string of the molecule is Cc1cc(NC(=O)C2CCN(C)C2)ccc1Br. The number of benzene rings is 1. The monoisotopic (exact) mass is 296 g/mol. The predicted molar refractivity (Wildman–Crippen MR) is 73.1 cm³/mol. The Bertz CT molecular complexity index is 433. The third-order valence-corrected chi connectivity index (χ3v) is 4.08. The Labute approximate surface area is 110 Å². The van der Waals surface area contributed by atoms with E-state index in [1.807, 2.05) is 25.1 Å². The Hall–Kier alpha value is -0.870. The van der Waals surface area contributed by atoms with Crippen LogP contribution >= 0.6 is 15.9 Å². The van der Waals surface area contributed by atoms with Gasteiger partial charge in [0.15, 0.2) is 0 Å². The molecule has 0 aromatic heterocycles. The van der Waals surface area contributed by atoms with Crippen LogP contribution in [0.3, 0.4) is 0 Å². The highest BCUT2D eigenvalue weighted by atomic mass is 79.9. The number of halogens is 1. The first-order valence-electron chi connectivity index (χ1n) is 5.82. The molecule has 1 aliphatic heterocycles. The number of nitrogens with one attached hydrogen (secondary N) is 1. The first-order chi connectivity index (χ1) is 8.06. The van der Waals surface area contributed by atoms with E-state index < -0.39 is 0 Å². The number of amides is 1. The highest BCUT2D eigenvalue weighted by molar-refractivity contribution is 9.10. The summed E-state index contributed by atoms with van der Waals surface area (Å²) in [6, 6.07) is 5.88. The van der Waals surface area contributed by atoms with Gasteiger partial charge in [-0.3, -0.25) is 4.79 Å². The van der Waals surface area contributed by atoms with E-state index in [0.717, 1.165) is 35.2 Å². The number of anilines is 1. The number of carbonyl (C=O) groups is 1. The van der Waals surface area contributed by atoms with Crippen molar-refractivity contribution in [3.8, 4) is 0 Å². The maximum Gasteiger partial charge on any atom is 0.228 e. The molecule has 0 bridgehead atoms. The molecule has 1 saturated heterocycles. The van der Waals surface area contributed by atoms with Gasteiger partial charge in [0, 0.05) is 16.7 Å².